The van der Waals surface area contributed by atoms with Crippen LogP contribution in [0.25, 0.3) is 0 Å². The van der Waals surface area contributed by atoms with E-state index in [1.165, 1.54) is 12.1 Å². The van der Waals surface area contributed by atoms with E-state index in [9.17, 15) is 9.18 Å². The zero-order valence-electron chi connectivity index (χ0n) is 8.66. The van der Waals surface area contributed by atoms with Crippen molar-refractivity contribution < 1.29 is 13.6 Å². The zero-order chi connectivity index (χ0) is 11.7. The van der Waals surface area contributed by atoms with Crippen LogP contribution in [0, 0.1) is 12.7 Å². The molecule has 0 radical (unpaired) electrons. The second-order valence-corrected chi connectivity index (χ2v) is 3.48. The van der Waals surface area contributed by atoms with Crippen LogP contribution < -0.4 is 5.73 Å². The van der Waals surface area contributed by atoms with Crippen LogP contribution in [0.15, 0.2) is 34.7 Å². The van der Waals surface area contributed by atoms with Gasteiger partial charge in [0.2, 0.25) is 5.78 Å². The SMILES string of the molecule is Cc1ccc(C(=O)c2ccc(N)c(F)c2)o1. The maximum absolute atomic E-state index is 13.2. The number of nitrogen functional groups attached to an aromatic ring is 1. The lowest BCUT2D eigenvalue weighted by Crippen LogP contribution is -2.01. The molecule has 0 aliphatic carbocycles. The monoisotopic (exact) mass is 219 g/mol. The summed E-state index contributed by atoms with van der Waals surface area (Å²) in [5.41, 5.74) is 5.57. The van der Waals surface area contributed by atoms with Crippen molar-refractivity contribution in [3.05, 3.63) is 53.2 Å². The van der Waals surface area contributed by atoms with Crippen LogP contribution in [0.2, 0.25) is 0 Å². The summed E-state index contributed by atoms with van der Waals surface area (Å²) in [5.74, 6) is -0.123. The Labute approximate surface area is 91.7 Å². The third-order valence-electron chi connectivity index (χ3n) is 2.23. The Kier molecular flexibility index (Phi) is 2.48. The number of hydrogen-bond donors (Lipinski definition) is 1. The summed E-state index contributed by atoms with van der Waals surface area (Å²) < 4.78 is 18.3. The standard InChI is InChI=1S/C12H10FNO2/c1-7-2-5-11(16-7)12(15)8-3-4-10(14)9(13)6-8/h2-6H,14H2,1H3. The van der Waals surface area contributed by atoms with Crippen molar-refractivity contribution in [1.82, 2.24) is 0 Å². The predicted molar refractivity (Wildman–Crippen MR) is 57.7 cm³/mol. The summed E-state index contributed by atoms with van der Waals surface area (Å²) in [6.45, 7) is 1.74. The van der Waals surface area contributed by atoms with E-state index in [0.29, 0.717) is 5.76 Å². The van der Waals surface area contributed by atoms with Gasteiger partial charge in [0.25, 0.3) is 0 Å². The largest absolute Gasteiger partial charge is 0.458 e. The van der Waals surface area contributed by atoms with Crippen molar-refractivity contribution >= 4 is 11.5 Å². The van der Waals surface area contributed by atoms with Gasteiger partial charge in [0, 0.05) is 5.56 Å². The van der Waals surface area contributed by atoms with E-state index in [1.54, 1.807) is 19.1 Å². The minimum Gasteiger partial charge on any atom is -0.458 e. The summed E-state index contributed by atoms with van der Waals surface area (Å²) in [4.78, 5) is 11.8. The van der Waals surface area contributed by atoms with Crippen molar-refractivity contribution in [2.45, 2.75) is 6.92 Å². The number of nitrogens with two attached hydrogens (primary N) is 1. The van der Waals surface area contributed by atoms with Gasteiger partial charge >= 0.3 is 0 Å². The number of ketones is 1. The molecular weight excluding hydrogens is 209 g/mol. The van der Waals surface area contributed by atoms with Crippen molar-refractivity contribution in [1.29, 1.82) is 0 Å². The van der Waals surface area contributed by atoms with E-state index in [2.05, 4.69) is 0 Å². The Bertz CT molecular complexity index is 546. The molecule has 1 heterocycles. The van der Waals surface area contributed by atoms with Crippen LogP contribution in [0.5, 0.6) is 0 Å². The normalized spacial score (nSPS) is 10.4. The van der Waals surface area contributed by atoms with E-state index in [4.69, 9.17) is 10.2 Å². The molecule has 0 bridgehead atoms. The Morgan fingerprint density at radius 1 is 1.31 bits per heavy atom. The molecular formula is C12H10FNO2. The highest BCUT2D eigenvalue weighted by atomic mass is 19.1. The number of anilines is 1. The van der Waals surface area contributed by atoms with Gasteiger partial charge < -0.3 is 10.2 Å². The maximum atomic E-state index is 13.2. The highest BCUT2D eigenvalue weighted by Crippen LogP contribution is 2.17. The quantitative estimate of drug-likeness (QED) is 0.623. The molecule has 3 nitrogen and oxygen atoms in total. The molecule has 82 valence electrons. The third-order valence-corrected chi connectivity index (χ3v) is 2.23. The third kappa shape index (κ3) is 1.82. The summed E-state index contributed by atoms with van der Waals surface area (Å²) in [7, 11) is 0. The van der Waals surface area contributed by atoms with Crippen LogP contribution in [0.1, 0.15) is 21.9 Å². The lowest BCUT2D eigenvalue weighted by molar-refractivity contribution is 0.101. The number of hydrogen-bond acceptors (Lipinski definition) is 3. The van der Waals surface area contributed by atoms with Gasteiger partial charge in [-0.25, -0.2) is 4.39 Å². The Morgan fingerprint density at radius 3 is 2.62 bits per heavy atom. The molecule has 2 aromatic rings. The summed E-state index contributed by atoms with van der Waals surface area (Å²) in [6.07, 6.45) is 0. The Hall–Kier alpha value is -2.10. The van der Waals surface area contributed by atoms with Crippen LogP contribution in [0.3, 0.4) is 0 Å². The van der Waals surface area contributed by atoms with Crippen molar-refractivity contribution in [3.63, 3.8) is 0 Å². The molecule has 2 N–H and O–H groups in total. The molecule has 0 unspecified atom stereocenters. The first-order chi connectivity index (χ1) is 7.58. The van der Waals surface area contributed by atoms with Crippen LogP contribution in [-0.4, -0.2) is 5.78 Å². The van der Waals surface area contributed by atoms with E-state index >= 15 is 0 Å². The summed E-state index contributed by atoms with van der Waals surface area (Å²) >= 11 is 0. The number of aryl methyl sites for hydroxylation is 1. The van der Waals surface area contributed by atoms with Gasteiger partial charge in [-0.1, -0.05) is 0 Å². The minimum atomic E-state index is -0.603. The fourth-order valence-electron chi connectivity index (χ4n) is 1.37. The smallest absolute Gasteiger partial charge is 0.228 e. The summed E-state index contributed by atoms with van der Waals surface area (Å²) in [5, 5.41) is 0. The number of carbonyl (C=O) groups is 1. The van der Waals surface area contributed by atoms with Crippen LogP contribution >= 0.6 is 0 Å². The first-order valence-corrected chi connectivity index (χ1v) is 4.74. The molecule has 0 atom stereocenters. The molecule has 0 aliphatic heterocycles. The molecule has 16 heavy (non-hydrogen) atoms. The van der Waals surface area contributed by atoms with Gasteiger partial charge in [-0.2, -0.15) is 0 Å². The number of halogens is 1. The Morgan fingerprint density at radius 2 is 2.06 bits per heavy atom. The van der Waals surface area contributed by atoms with E-state index in [0.717, 1.165) is 6.07 Å². The van der Waals surface area contributed by atoms with Gasteiger partial charge in [-0.3, -0.25) is 4.79 Å². The second-order valence-electron chi connectivity index (χ2n) is 3.48. The maximum Gasteiger partial charge on any atom is 0.228 e. The molecule has 0 saturated carbocycles. The van der Waals surface area contributed by atoms with Gasteiger partial charge in [0.05, 0.1) is 5.69 Å². The van der Waals surface area contributed by atoms with Crippen molar-refractivity contribution in [2.75, 3.05) is 5.73 Å². The first-order valence-electron chi connectivity index (χ1n) is 4.74. The molecule has 0 spiro atoms. The molecule has 4 heteroatoms. The fraction of sp³-hybridized carbons (Fsp3) is 0.0833. The zero-order valence-corrected chi connectivity index (χ0v) is 8.66. The highest BCUT2D eigenvalue weighted by Gasteiger charge is 2.14. The molecule has 1 aromatic heterocycles. The van der Waals surface area contributed by atoms with E-state index in [-0.39, 0.29) is 22.8 Å². The van der Waals surface area contributed by atoms with Gasteiger partial charge in [-0.05, 0) is 37.3 Å². The molecule has 0 saturated heterocycles. The second kappa shape index (κ2) is 3.81. The minimum absolute atomic E-state index is 0.0205. The fourth-order valence-corrected chi connectivity index (χ4v) is 1.37. The van der Waals surface area contributed by atoms with Gasteiger partial charge in [0.1, 0.15) is 11.6 Å². The summed E-state index contributed by atoms with van der Waals surface area (Å²) in [6, 6.07) is 7.18. The molecule has 0 aliphatic rings. The van der Waals surface area contributed by atoms with Crippen LogP contribution in [0.4, 0.5) is 10.1 Å². The first kappa shape index (κ1) is 10.4. The lowest BCUT2D eigenvalue weighted by atomic mass is 10.1. The van der Waals surface area contributed by atoms with Crippen molar-refractivity contribution in [2.24, 2.45) is 0 Å². The Balaban J connectivity index is 2.38. The molecule has 0 fully saturated rings. The number of furan rings is 1. The average molecular weight is 219 g/mol. The highest BCUT2D eigenvalue weighted by molar-refractivity contribution is 6.07. The van der Waals surface area contributed by atoms with Gasteiger partial charge in [-0.15, -0.1) is 0 Å². The predicted octanol–water partition coefficient (Wildman–Crippen LogP) is 2.54. The average Bonchev–Trinajstić information content (AvgIpc) is 2.68. The van der Waals surface area contributed by atoms with Crippen LogP contribution in [-0.2, 0) is 0 Å². The molecule has 1 aromatic carbocycles. The van der Waals surface area contributed by atoms with E-state index < -0.39 is 5.82 Å². The van der Waals surface area contributed by atoms with E-state index in [1.807, 2.05) is 0 Å². The topological polar surface area (TPSA) is 56.2 Å². The lowest BCUT2D eigenvalue weighted by Gasteiger charge is -2.00. The number of rotatable bonds is 2. The van der Waals surface area contributed by atoms with Crippen molar-refractivity contribution in [3.8, 4) is 0 Å². The van der Waals surface area contributed by atoms with Gasteiger partial charge in [0.15, 0.2) is 5.76 Å². The number of carbonyl (C=O) groups excluding carboxylic acids is 1. The number of benzene rings is 1. The molecule has 0 amide bonds. The molecule has 2 rings (SSSR count).